The highest BCUT2D eigenvalue weighted by Crippen LogP contribution is 2.76. The van der Waals surface area contributed by atoms with Gasteiger partial charge < -0.3 is 9.84 Å². The fourth-order valence-corrected chi connectivity index (χ4v) is 4.56. The Balaban J connectivity index is 1.92. The third kappa shape index (κ3) is 0.323. The van der Waals surface area contributed by atoms with Crippen LogP contribution in [0.4, 0.5) is 0 Å². The van der Waals surface area contributed by atoms with Gasteiger partial charge >= 0.3 is 0 Å². The molecule has 2 heteroatoms. The summed E-state index contributed by atoms with van der Waals surface area (Å²) in [6.45, 7) is 0.284. The van der Waals surface area contributed by atoms with Crippen LogP contribution in [0.1, 0.15) is 12.8 Å². The van der Waals surface area contributed by atoms with Crippen LogP contribution in [0.2, 0.25) is 0 Å². The van der Waals surface area contributed by atoms with E-state index in [1.807, 2.05) is 0 Å². The highest BCUT2D eigenvalue weighted by Gasteiger charge is 2.81. The Morgan fingerprint density at radius 2 is 2.36 bits per heavy atom. The van der Waals surface area contributed by atoms with Gasteiger partial charge in [0, 0.05) is 5.92 Å². The summed E-state index contributed by atoms with van der Waals surface area (Å²) in [4.78, 5) is 0. The average molecular weight is 152 g/mol. The van der Waals surface area contributed by atoms with E-state index in [-0.39, 0.29) is 12.2 Å². The predicted molar refractivity (Wildman–Crippen MR) is 37.9 cm³/mol. The molecule has 1 heterocycles. The minimum atomic E-state index is -0.0156. The molecule has 60 valence electrons. The van der Waals surface area contributed by atoms with Crippen molar-refractivity contribution in [2.45, 2.75) is 24.5 Å². The van der Waals surface area contributed by atoms with Crippen molar-refractivity contribution in [1.82, 2.24) is 0 Å². The lowest BCUT2D eigenvalue weighted by Gasteiger charge is -2.44. The minimum Gasteiger partial charge on any atom is -0.393 e. The molecule has 6 unspecified atom stereocenters. The van der Waals surface area contributed by atoms with Gasteiger partial charge in [0.05, 0.1) is 12.7 Å². The SMILES string of the molecule is OCC12OC3C4CC(CC41)C32. The van der Waals surface area contributed by atoms with Crippen LogP contribution in [0.5, 0.6) is 0 Å². The third-order valence-corrected chi connectivity index (χ3v) is 4.73. The van der Waals surface area contributed by atoms with Gasteiger partial charge in [0.1, 0.15) is 5.60 Å². The minimum absolute atomic E-state index is 0.0156. The van der Waals surface area contributed by atoms with Crippen molar-refractivity contribution in [2.75, 3.05) is 6.61 Å². The average Bonchev–Trinajstić information content (AvgIpc) is 2.54. The van der Waals surface area contributed by atoms with Crippen molar-refractivity contribution in [2.24, 2.45) is 23.7 Å². The Morgan fingerprint density at radius 1 is 1.45 bits per heavy atom. The molecule has 5 fully saturated rings. The maximum atomic E-state index is 9.26. The third-order valence-electron chi connectivity index (χ3n) is 4.73. The summed E-state index contributed by atoms with van der Waals surface area (Å²) in [6.07, 6.45) is 3.33. The summed E-state index contributed by atoms with van der Waals surface area (Å²) in [5.41, 5.74) is -0.0156. The standard InChI is InChI=1S/C9H12O2/c10-3-9-6-2-4-1-5(6)8(11-9)7(4)9/h4-8,10H,1-3H2. The first-order chi connectivity index (χ1) is 5.37. The number of aliphatic hydroxyl groups excluding tert-OH is 1. The fourth-order valence-electron chi connectivity index (χ4n) is 4.56. The van der Waals surface area contributed by atoms with E-state index in [9.17, 15) is 5.11 Å². The van der Waals surface area contributed by atoms with E-state index in [1.54, 1.807) is 0 Å². The van der Waals surface area contributed by atoms with Crippen molar-refractivity contribution in [3.63, 3.8) is 0 Å². The van der Waals surface area contributed by atoms with Crippen LogP contribution < -0.4 is 0 Å². The fraction of sp³-hybridized carbons (Fsp3) is 1.00. The number of ether oxygens (including phenoxy) is 1. The maximum Gasteiger partial charge on any atom is 0.100 e. The first-order valence-electron chi connectivity index (χ1n) is 4.65. The Hall–Kier alpha value is -0.0800. The van der Waals surface area contributed by atoms with Gasteiger partial charge in [0.2, 0.25) is 0 Å². The Bertz CT molecular complexity index is 234. The molecular formula is C9H12O2. The van der Waals surface area contributed by atoms with E-state index in [1.165, 1.54) is 12.8 Å². The van der Waals surface area contributed by atoms with Gasteiger partial charge in [-0.2, -0.15) is 0 Å². The summed E-state index contributed by atoms with van der Waals surface area (Å²) >= 11 is 0. The lowest BCUT2D eigenvalue weighted by Crippen LogP contribution is -2.55. The lowest BCUT2D eigenvalue weighted by molar-refractivity contribution is -0.224. The molecule has 1 saturated heterocycles. The van der Waals surface area contributed by atoms with Gasteiger partial charge in [-0.3, -0.25) is 0 Å². The van der Waals surface area contributed by atoms with Gasteiger partial charge in [-0.05, 0) is 30.6 Å². The second kappa shape index (κ2) is 1.27. The molecule has 5 aliphatic rings. The van der Waals surface area contributed by atoms with E-state index in [4.69, 9.17) is 4.74 Å². The summed E-state index contributed by atoms with van der Waals surface area (Å²) in [5, 5.41) is 9.26. The van der Waals surface area contributed by atoms with Crippen LogP contribution in [0.3, 0.4) is 0 Å². The Labute approximate surface area is 65.5 Å². The first-order valence-corrected chi connectivity index (χ1v) is 4.65. The summed E-state index contributed by atoms with van der Waals surface area (Å²) < 4.78 is 5.78. The molecule has 2 nitrogen and oxygen atoms in total. The molecule has 0 aromatic carbocycles. The second-order valence-corrected chi connectivity index (χ2v) is 4.72. The number of rotatable bonds is 1. The summed E-state index contributed by atoms with van der Waals surface area (Å²) in [6, 6.07) is 0. The van der Waals surface area contributed by atoms with Crippen LogP contribution in [-0.2, 0) is 4.74 Å². The van der Waals surface area contributed by atoms with Gasteiger partial charge in [-0.25, -0.2) is 0 Å². The zero-order valence-electron chi connectivity index (χ0n) is 6.36. The Morgan fingerprint density at radius 3 is 2.82 bits per heavy atom. The molecule has 0 amide bonds. The van der Waals surface area contributed by atoms with E-state index < -0.39 is 0 Å². The van der Waals surface area contributed by atoms with Crippen LogP contribution in [0, 0.1) is 23.7 Å². The highest BCUT2D eigenvalue weighted by molar-refractivity contribution is 5.28. The van der Waals surface area contributed by atoms with Gasteiger partial charge in [0.25, 0.3) is 0 Å². The molecule has 0 aromatic heterocycles. The quantitative estimate of drug-likeness (QED) is 0.589. The molecule has 5 rings (SSSR count). The molecule has 1 aliphatic heterocycles. The largest absolute Gasteiger partial charge is 0.393 e. The zero-order valence-corrected chi connectivity index (χ0v) is 6.36. The van der Waals surface area contributed by atoms with Crippen molar-refractivity contribution >= 4 is 0 Å². The molecule has 0 spiro atoms. The molecule has 1 N–H and O–H groups in total. The normalized spacial score (nSPS) is 74.5. The van der Waals surface area contributed by atoms with E-state index in [0.29, 0.717) is 6.10 Å². The van der Waals surface area contributed by atoms with Gasteiger partial charge in [-0.15, -0.1) is 0 Å². The molecule has 11 heavy (non-hydrogen) atoms. The predicted octanol–water partition coefficient (Wildman–Crippen LogP) is 0.402. The summed E-state index contributed by atoms with van der Waals surface area (Å²) in [7, 11) is 0. The van der Waals surface area contributed by atoms with Crippen LogP contribution in [-0.4, -0.2) is 23.4 Å². The van der Waals surface area contributed by atoms with Crippen molar-refractivity contribution in [3.05, 3.63) is 0 Å². The lowest BCUT2D eigenvalue weighted by atomic mass is 9.82. The van der Waals surface area contributed by atoms with Gasteiger partial charge in [0.15, 0.2) is 0 Å². The second-order valence-electron chi connectivity index (χ2n) is 4.72. The highest BCUT2D eigenvalue weighted by atomic mass is 16.6. The molecule has 0 radical (unpaired) electrons. The van der Waals surface area contributed by atoms with Crippen molar-refractivity contribution in [1.29, 1.82) is 0 Å². The topological polar surface area (TPSA) is 29.5 Å². The smallest absolute Gasteiger partial charge is 0.100 e. The van der Waals surface area contributed by atoms with Gasteiger partial charge in [-0.1, -0.05) is 0 Å². The molecule has 4 saturated carbocycles. The molecule has 0 aromatic rings. The van der Waals surface area contributed by atoms with E-state index in [0.717, 1.165) is 23.7 Å². The summed E-state index contributed by atoms with van der Waals surface area (Å²) in [5.74, 6) is 3.28. The first kappa shape index (κ1) is 5.55. The van der Waals surface area contributed by atoms with Crippen molar-refractivity contribution in [3.8, 4) is 0 Å². The number of hydrogen-bond donors (Lipinski definition) is 1. The van der Waals surface area contributed by atoms with E-state index >= 15 is 0 Å². The maximum absolute atomic E-state index is 9.26. The molecular weight excluding hydrogens is 140 g/mol. The zero-order chi connectivity index (χ0) is 7.22. The number of aliphatic hydroxyl groups is 1. The monoisotopic (exact) mass is 152 g/mol. The van der Waals surface area contributed by atoms with Crippen LogP contribution in [0.25, 0.3) is 0 Å². The Kier molecular flexibility index (Phi) is 0.641. The number of hydrogen-bond acceptors (Lipinski definition) is 2. The van der Waals surface area contributed by atoms with E-state index in [2.05, 4.69) is 0 Å². The molecule has 6 bridgehead atoms. The molecule has 6 atom stereocenters. The van der Waals surface area contributed by atoms with Crippen molar-refractivity contribution < 1.29 is 9.84 Å². The molecule has 4 aliphatic carbocycles. The van der Waals surface area contributed by atoms with Crippen LogP contribution >= 0.6 is 0 Å². The van der Waals surface area contributed by atoms with Crippen LogP contribution in [0.15, 0.2) is 0 Å².